The topological polar surface area (TPSA) is 98.7 Å². The second-order valence-corrected chi connectivity index (χ2v) is 4.95. The molecular weight excluding hydrogens is 272 g/mol. The molecule has 21 heavy (non-hydrogen) atoms. The molecule has 1 rings (SSSR count). The maximum atomic E-state index is 11.7. The molecule has 1 aromatic carbocycles. The molecule has 0 radical (unpaired) electrons. The first-order chi connectivity index (χ1) is 10.0. The number of carbonyl (C=O) groups excluding carboxylic acids is 1. The van der Waals surface area contributed by atoms with Gasteiger partial charge in [-0.2, -0.15) is 0 Å². The van der Waals surface area contributed by atoms with E-state index in [1.807, 2.05) is 37.3 Å². The van der Waals surface area contributed by atoms with Gasteiger partial charge in [0.2, 0.25) is 0 Å². The van der Waals surface area contributed by atoms with Gasteiger partial charge in [0.1, 0.15) is 6.04 Å². The van der Waals surface area contributed by atoms with E-state index in [0.717, 1.165) is 12.8 Å². The molecule has 0 aliphatic rings. The van der Waals surface area contributed by atoms with Crippen molar-refractivity contribution in [3.05, 3.63) is 35.9 Å². The van der Waals surface area contributed by atoms with Gasteiger partial charge in [-0.3, -0.25) is 0 Å². The molecule has 4 N–H and O–H groups in total. The molecule has 2 amide bonds. The fourth-order valence-electron chi connectivity index (χ4n) is 1.91. The molecule has 116 valence electrons. The summed E-state index contributed by atoms with van der Waals surface area (Å²) in [5.41, 5.74) is 1.19. The van der Waals surface area contributed by atoms with E-state index in [0.29, 0.717) is 0 Å². The predicted octanol–water partition coefficient (Wildman–Crippen LogP) is 1.14. The van der Waals surface area contributed by atoms with Crippen LogP contribution in [-0.2, 0) is 11.2 Å². The molecule has 0 bridgehead atoms. The van der Waals surface area contributed by atoms with E-state index in [1.54, 1.807) is 0 Å². The molecule has 0 fully saturated rings. The van der Waals surface area contributed by atoms with Crippen LogP contribution in [0.1, 0.15) is 25.3 Å². The molecule has 2 atom stereocenters. The highest BCUT2D eigenvalue weighted by molar-refractivity contribution is 5.82. The van der Waals surface area contributed by atoms with Gasteiger partial charge < -0.3 is 20.8 Å². The Hall–Kier alpha value is -2.08. The highest BCUT2D eigenvalue weighted by Gasteiger charge is 2.19. The summed E-state index contributed by atoms with van der Waals surface area (Å²) in [7, 11) is 0. The van der Waals surface area contributed by atoms with Gasteiger partial charge in [-0.25, -0.2) is 9.59 Å². The third-order valence-corrected chi connectivity index (χ3v) is 3.11. The Bertz CT molecular complexity index is 450. The van der Waals surface area contributed by atoms with Crippen LogP contribution < -0.4 is 10.6 Å². The van der Waals surface area contributed by atoms with E-state index < -0.39 is 18.0 Å². The molecule has 6 heteroatoms. The van der Waals surface area contributed by atoms with Gasteiger partial charge in [0.05, 0.1) is 0 Å². The minimum atomic E-state index is -1.16. The van der Waals surface area contributed by atoms with Crippen molar-refractivity contribution in [1.29, 1.82) is 0 Å². The first-order valence-electron chi connectivity index (χ1n) is 6.97. The summed E-state index contributed by atoms with van der Waals surface area (Å²) in [6, 6.07) is 8.25. The SMILES string of the molecule is CC(CCc1ccccc1)NC(=O)N[C@@H](CCO)C(=O)O. The van der Waals surface area contributed by atoms with E-state index in [4.69, 9.17) is 10.2 Å². The van der Waals surface area contributed by atoms with Gasteiger partial charge >= 0.3 is 12.0 Å². The lowest BCUT2D eigenvalue weighted by Crippen LogP contribution is -2.48. The number of hydrogen-bond donors (Lipinski definition) is 4. The number of aliphatic carboxylic acids is 1. The zero-order valence-electron chi connectivity index (χ0n) is 12.1. The van der Waals surface area contributed by atoms with Crippen molar-refractivity contribution in [3.8, 4) is 0 Å². The van der Waals surface area contributed by atoms with E-state index in [2.05, 4.69) is 10.6 Å². The molecule has 0 saturated heterocycles. The van der Waals surface area contributed by atoms with Crippen molar-refractivity contribution < 1.29 is 19.8 Å². The molecule has 1 aromatic rings. The van der Waals surface area contributed by atoms with Crippen molar-refractivity contribution in [2.24, 2.45) is 0 Å². The smallest absolute Gasteiger partial charge is 0.326 e. The summed E-state index contributed by atoms with van der Waals surface area (Å²) in [4.78, 5) is 22.6. The third kappa shape index (κ3) is 6.76. The van der Waals surface area contributed by atoms with Crippen molar-refractivity contribution in [1.82, 2.24) is 10.6 Å². The van der Waals surface area contributed by atoms with Crippen LogP contribution in [0.15, 0.2) is 30.3 Å². The van der Waals surface area contributed by atoms with Gasteiger partial charge in [-0.1, -0.05) is 30.3 Å². The summed E-state index contributed by atoms with van der Waals surface area (Å²) in [5.74, 6) is -1.16. The van der Waals surface area contributed by atoms with Crippen LogP contribution in [0.5, 0.6) is 0 Å². The summed E-state index contributed by atoms with van der Waals surface area (Å²) < 4.78 is 0. The summed E-state index contributed by atoms with van der Waals surface area (Å²) in [6.45, 7) is 1.57. The Morgan fingerprint density at radius 1 is 1.14 bits per heavy atom. The van der Waals surface area contributed by atoms with Gasteiger partial charge in [0.25, 0.3) is 0 Å². The summed E-state index contributed by atoms with van der Waals surface area (Å²) in [5, 5.41) is 22.7. The van der Waals surface area contributed by atoms with Crippen LogP contribution >= 0.6 is 0 Å². The first kappa shape index (κ1) is 17.0. The zero-order valence-corrected chi connectivity index (χ0v) is 12.1. The monoisotopic (exact) mass is 294 g/mol. The number of carboxylic acids is 1. The minimum Gasteiger partial charge on any atom is -0.480 e. The lowest BCUT2D eigenvalue weighted by Gasteiger charge is -2.18. The third-order valence-electron chi connectivity index (χ3n) is 3.11. The van der Waals surface area contributed by atoms with Gasteiger partial charge in [0.15, 0.2) is 0 Å². The first-order valence-corrected chi connectivity index (χ1v) is 6.97. The van der Waals surface area contributed by atoms with Crippen molar-refractivity contribution in [2.45, 2.75) is 38.3 Å². The van der Waals surface area contributed by atoms with E-state index in [1.165, 1.54) is 5.56 Å². The Morgan fingerprint density at radius 2 is 1.81 bits per heavy atom. The van der Waals surface area contributed by atoms with Gasteiger partial charge in [-0.15, -0.1) is 0 Å². The standard InChI is InChI=1S/C15H22N2O4/c1-11(7-8-12-5-3-2-4-6-12)16-15(21)17-13(9-10-18)14(19)20/h2-6,11,13,18H,7-10H2,1H3,(H,19,20)(H2,16,17,21)/t11?,13-/m0/s1. The lowest BCUT2D eigenvalue weighted by molar-refractivity contribution is -0.139. The maximum Gasteiger partial charge on any atom is 0.326 e. The molecule has 0 spiro atoms. The zero-order chi connectivity index (χ0) is 15.7. The Kier molecular flexibility index (Phi) is 7.25. The molecule has 0 heterocycles. The number of rotatable bonds is 8. The highest BCUT2D eigenvalue weighted by Crippen LogP contribution is 2.04. The largest absolute Gasteiger partial charge is 0.480 e. The van der Waals surface area contributed by atoms with Crippen LogP contribution in [0.3, 0.4) is 0 Å². The minimum absolute atomic E-state index is 0.0127. The molecule has 0 saturated carbocycles. The fourth-order valence-corrected chi connectivity index (χ4v) is 1.91. The average Bonchev–Trinajstić information content (AvgIpc) is 2.45. The molecule has 6 nitrogen and oxygen atoms in total. The number of carbonyl (C=O) groups is 2. The van der Waals surface area contributed by atoms with Crippen LogP contribution in [-0.4, -0.2) is 40.9 Å². The second kappa shape index (κ2) is 8.97. The second-order valence-electron chi connectivity index (χ2n) is 4.95. The lowest BCUT2D eigenvalue weighted by atomic mass is 10.1. The van der Waals surface area contributed by atoms with Crippen molar-refractivity contribution in [2.75, 3.05) is 6.61 Å². The Morgan fingerprint density at radius 3 is 2.38 bits per heavy atom. The molecule has 0 aromatic heterocycles. The average molecular weight is 294 g/mol. The maximum absolute atomic E-state index is 11.7. The van der Waals surface area contributed by atoms with Crippen LogP contribution in [0.25, 0.3) is 0 Å². The molecule has 0 aliphatic carbocycles. The molecule has 0 aliphatic heterocycles. The van der Waals surface area contributed by atoms with E-state index in [-0.39, 0.29) is 19.1 Å². The van der Waals surface area contributed by atoms with Gasteiger partial charge in [0, 0.05) is 19.1 Å². The van der Waals surface area contributed by atoms with E-state index in [9.17, 15) is 9.59 Å². The fraction of sp³-hybridized carbons (Fsp3) is 0.467. The number of aliphatic hydroxyl groups excluding tert-OH is 1. The van der Waals surface area contributed by atoms with E-state index >= 15 is 0 Å². The van der Waals surface area contributed by atoms with Crippen molar-refractivity contribution in [3.63, 3.8) is 0 Å². The number of benzene rings is 1. The number of urea groups is 1. The number of aryl methyl sites for hydroxylation is 1. The Balaban J connectivity index is 2.34. The number of nitrogens with one attached hydrogen (secondary N) is 2. The predicted molar refractivity (Wildman–Crippen MR) is 79.0 cm³/mol. The van der Waals surface area contributed by atoms with Crippen molar-refractivity contribution >= 4 is 12.0 Å². The van der Waals surface area contributed by atoms with Crippen LogP contribution in [0, 0.1) is 0 Å². The summed E-state index contributed by atoms with van der Waals surface area (Å²) in [6.07, 6.45) is 1.58. The number of aliphatic hydroxyl groups is 1. The Labute approximate surface area is 124 Å². The summed E-state index contributed by atoms with van der Waals surface area (Å²) >= 11 is 0. The van der Waals surface area contributed by atoms with Crippen LogP contribution in [0.4, 0.5) is 4.79 Å². The van der Waals surface area contributed by atoms with Crippen LogP contribution in [0.2, 0.25) is 0 Å². The number of amides is 2. The molecular formula is C15H22N2O4. The molecule has 1 unspecified atom stereocenters. The quantitative estimate of drug-likeness (QED) is 0.578. The number of carboxylic acid groups (broad SMARTS) is 1. The number of hydrogen-bond acceptors (Lipinski definition) is 3. The van der Waals surface area contributed by atoms with Gasteiger partial charge in [-0.05, 0) is 25.3 Å². The highest BCUT2D eigenvalue weighted by atomic mass is 16.4. The normalized spacial score (nSPS) is 13.2.